The van der Waals surface area contributed by atoms with E-state index in [4.69, 9.17) is 0 Å². The molecule has 0 aromatic heterocycles. The largest absolute Gasteiger partial charge is 0.466 e. The molecule has 0 amide bonds. The van der Waals surface area contributed by atoms with Crippen LogP contribution in [0.4, 0.5) is 0 Å². The van der Waals surface area contributed by atoms with E-state index in [0.29, 0.717) is 5.57 Å². The van der Waals surface area contributed by atoms with Crippen molar-refractivity contribution in [2.24, 2.45) is 0 Å². The van der Waals surface area contributed by atoms with Crippen LogP contribution >= 0.6 is 0 Å². The van der Waals surface area contributed by atoms with Crippen molar-refractivity contribution in [2.45, 2.75) is 13.8 Å². The molecule has 0 saturated heterocycles. The van der Waals surface area contributed by atoms with Crippen molar-refractivity contribution < 1.29 is 14.3 Å². The van der Waals surface area contributed by atoms with Gasteiger partial charge in [-0.05, 0) is 25.5 Å². The Morgan fingerprint density at radius 2 is 1.86 bits per heavy atom. The number of ether oxygens (including phenoxy) is 1. The summed E-state index contributed by atoms with van der Waals surface area (Å²) in [7, 11) is 1.33. The van der Waals surface area contributed by atoms with E-state index in [1.165, 1.54) is 13.2 Å². The minimum Gasteiger partial charge on any atom is -0.466 e. The van der Waals surface area contributed by atoms with E-state index in [1.807, 2.05) is 0 Å². The van der Waals surface area contributed by atoms with Gasteiger partial charge in [-0.2, -0.15) is 0 Å². The van der Waals surface area contributed by atoms with Crippen molar-refractivity contribution >= 4 is 12.3 Å². The Bertz CT molecular complexity index is 296. The fourth-order valence-corrected chi connectivity index (χ4v) is 0.736. The second-order valence-electron chi connectivity index (χ2n) is 2.75. The Morgan fingerprint density at radius 1 is 1.21 bits per heavy atom. The Labute approximate surface area is 83.8 Å². The predicted molar refractivity (Wildman–Crippen MR) is 54.7 cm³/mol. The van der Waals surface area contributed by atoms with Crippen LogP contribution in [0.25, 0.3) is 0 Å². The highest BCUT2D eigenvalue weighted by Gasteiger charge is 1.99. The number of hydrogen-bond acceptors (Lipinski definition) is 3. The summed E-state index contributed by atoms with van der Waals surface area (Å²) in [5.41, 5.74) is 1.34. The molecule has 0 spiro atoms. The SMILES string of the molecule is COC(=O)/C(C)=C/C=C/C(C)=C/C=O. The summed E-state index contributed by atoms with van der Waals surface area (Å²) in [5, 5.41) is 0. The van der Waals surface area contributed by atoms with Crippen molar-refractivity contribution in [3.05, 3.63) is 35.5 Å². The van der Waals surface area contributed by atoms with Gasteiger partial charge < -0.3 is 4.74 Å². The molecule has 0 atom stereocenters. The zero-order valence-corrected chi connectivity index (χ0v) is 8.61. The van der Waals surface area contributed by atoms with Gasteiger partial charge in [0.15, 0.2) is 0 Å². The molecule has 3 heteroatoms. The van der Waals surface area contributed by atoms with E-state index in [-0.39, 0.29) is 5.97 Å². The van der Waals surface area contributed by atoms with Crippen LogP contribution in [0.5, 0.6) is 0 Å². The number of rotatable bonds is 4. The predicted octanol–water partition coefficient (Wildman–Crippen LogP) is 1.81. The lowest BCUT2D eigenvalue weighted by atomic mass is 10.2. The standard InChI is InChI=1S/C11H14O3/c1-9(7-8-12)5-4-6-10(2)11(13)14-3/h4-8H,1-3H3/b5-4+,9-7+,10-6+. The van der Waals surface area contributed by atoms with Gasteiger partial charge >= 0.3 is 5.97 Å². The van der Waals surface area contributed by atoms with Crippen LogP contribution in [0.15, 0.2) is 35.5 Å². The fraction of sp³-hybridized carbons (Fsp3) is 0.273. The average Bonchev–Trinajstić information content (AvgIpc) is 2.16. The highest BCUT2D eigenvalue weighted by Crippen LogP contribution is 1.98. The van der Waals surface area contributed by atoms with Crippen LogP contribution in [0.1, 0.15) is 13.8 Å². The van der Waals surface area contributed by atoms with E-state index in [2.05, 4.69) is 4.74 Å². The first-order valence-electron chi connectivity index (χ1n) is 4.17. The Balaban J connectivity index is 4.34. The molecule has 0 heterocycles. The molecule has 3 nitrogen and oxygen atoms in total. The Kier molecular flexibility index (Phi) is 6.03. The summed E-state index contributed by atoms with van der Waals surface area (Å²) >= 11 is 0. The Hall–Kier alpha value is -1.64. The molecule has 0 bridgehead atoms. The summed E-state index contributed by atoms with van der Waals surface area (Å²) in [4.78, 5) is 21.0. The fourth-order valence-electron chi connectivity index (χ4n) is 0.736. The topological polar surface area (TPSA) is 43.4 Å². The third-order valence-corrected chi connectivity index (χ3v) is 1.54. The summed E-state index contributed by atoms with van der Waals surface area (Å²) in [5.74, 6) is -0.355. The van der Waals surface area contributed by atoms with Gasteiger partial charge in [0.05, 0.1) is 7.11 Å². The monoisotopic (exact) mass is 194 g/mol. The van der Waals surface area contributed by atoms with Gasteiger partial charge in [0.2, 0.25) is 0 Å². The minimum absolute atomic E-state index is 0.355. The molecule has 0 aliphatic heterocycles. The molecule has 0 aromatic carbocycles. The molecule has 14 heavy (non-hydrogen) atoms. The number of carbonyl (C=O) groups excluding carboxylic acids is 2. The minimum atomic E-state index is -0.355. The van der Waals surface area contributed by atoms with E-state index in [1.54, 1.807) is 32.1 Å². The molecule has 0 aliphatic carbocycles. The van der Waals surface area contributed by atoms with Crippen LogP contribution < -0.4 is 0 Å². The lowest BCUT2D eigenvalue weighted by Gasteiger charge is -1.95. The molecule has 0 aromatic rings. The van der Waals surface area contributed by atoms with Crippen LogP contribution in [0.2, 0.25) is 0 Å². The molecule has 76 valence electrons. The van der Waals surface area contributed by atoms with Crippen LogP contribution in [0.3, 0.4) is 0 Å². The lowest BCUT2D eigenvalue weighted by Crippen LogP contribution is -2.00. The second kappa shape index (κ2) is 6.83. The molecule has 0 fully saturated rings. The third-order valence-electron chi connectivity index (χ3n) is 1.54. The number of esters is 1. The van der Waals surface area contributed by atoms with Crippen molar-refractivity contribution in [3.63, 3.8) is 0 Å². The number of methoxy groups -OCH3 is 1. The number of aldehydes is 1. The highest BCUT2D eigenvalue weighted by molar-refractivity contribution is 5.87. The number of carbonyl (C=O) groups is 2. The first kappa shape index (κ1) is 12.4. The summed E-state index contributed by atoms with van der Waals surface area (Å²) in [6.45, 7) is 3.46. The maximum absolute atomic E-state index is 10.9. The number of hydrogen-bond donors (Lipinski definition) is 0. The zero-order chi connectivity index (χ0) is 11.0. The quantitative estimate of drug-likeness (QED) is 0.296. The van der Waals surface area contributed by atoms with Gasteiger partial charge in [0.1, 0.15) is 6.29 Å². The maximum Gasteiger partial charge on any atom is 0.333 e. The van der Waals surface area contributed by atoms with E-state index in [0.717, 1.165) is 11.9 Å². The van der Waals surface area contributed by atoms with Crippen molar-refractivity contribution in [2.75, 3.05) is 7.11 Å². The summed E-state index contributed by atoms with van der Waals surface area (Å²) in [6.07, 6.45) is 7.23. The summed E-state index contributed by atoms with van der Waals surface area (Å²) in [6, 6.07) is 0. The average molecular weight is 194 g/mol. The van der Waals surface area contributed by atoms with Crippen LogP contribution in [0, 0.1) is 0 Å². The zero-order valence-electron chi connectivity index (χ0n) is 8.61. The van der Waals surface area contributed by atoms with Gasteiger partial charge in [-0.1, -0.05) is 18.2 Å². The molecule has 0 unspecified atom stereocenters. The molecule has 0 radical (unpaired) electrons. The van der Waals surface area contributed by atoms with E-state index in [9.17, 15) is 9.59 Å². The lowest BCUT2D eigenvalue weighted by molar-refractivity contribution is -0.136. The third kappa shape index (κ3) is 5.09. The van der Waals surface area contributed by atoms with Gasteiger partial charge in [0, 0.05) is 5.57 Å². The molecular weight excluding hydrogens is 180 g/mol. The molecule has 0 aliphatic rings. The second-order valence-corrected chi connectivity index (χ2v) is 2.75. The van der Waals surface area contributed by atoms with Gasteiger partial charge in [-0.25, -0.2) is 4.79 Å². The maximum atomic E-state index is 10.9. The first-order chi connectivity index (χ1) is 6.61. The van der Waals surface area contributed by atoms with Crippen molar-refractivity contribution in [3.8, 4) is 0 Å². The van der Waals surface area contributed by atoms with Gasteiger partial charge in [0.25, 0.3) is 0 Å². The van der Waals surface area contributed by atoms with Crippen LogP contribution in [-0.2, 0) is 14.3 Å². The molecule has 0 N–H and O–H groups in total. The molecular formula is C11H14O3. The van der Waals surface area contributed by atoms with Crippen LogP contribution in [-0.4, -0.2) is 19.4 Å². The molecule has 0 saturated carbocycles. The normalized spacial score (nSPS) is 13.1. The van der Waals surface area contributed by atoms with Gasteiger partial charge in [-0.15, -0.1) is 0 Å². The Morgan fingerprint density at radius 3 is 2.36 bits per heavy atom. The smallest absolute Gasteiger partial charge is 0.333 e. The van der Waals surface area contributed by atoms with Crippen molar-refractivity contribution in [1.29, 1.82) is 0 Å². The first-order valence-corrected chi connectivity index (χ1v) is 4.17. The van der Waals surface area contributed by atoms with E-state index < -0.39 is 0 Å². The summed E-state index contributed by atoms with van der Waals surface area (Å²) < 4.78 is 4.51. The van der Waals surface area contributed by atoms with Crippen molar-refractivity contribution in [1.82, 2.24) is 0 Å². The van der Waals surface area contributed by atoms with Gasteiger partial charge in [-0.3, -0.25) is 4.79 Å². The van der Waals surface area contributed by atoms with E-state index >= 15 is 0 Å². The number of allylic oxidation sites excluding steroid dienone is 5. The molecule has 0 rings (SSSR count). The highest BCUT2D eigenvalue weighted by atomic mass is 16.5.